The Labute approximate surface area is 198 Å². The molecule has 0 bridgehead atoms. The molecular weight excluding hydrogens is 424 g/mol. The lowest BCUT2D eigenvalue weighted by Gasteiger charge is -2.07. The van der Waals surface area contributed by atoms with Crippen molar-refractivity contribution >= 4 is 18.3 Å². The van der Waals surface area contributed by atoms with Crippen LogP contribution in [0.1, 0.15) is 82.6 Å². The van der Waals surface area contributed by atoms with E-state index in [1.165, 1.54) is 56.9 Å². The van der Waals surface area contributed by atoms with Crippen molar-refractivity contribution in [1.82, 2.24) is 20.8 Å². The molecule has 0 spiro atoms. The maximum Gasteiger partial charge on any atom is 0.246 e. The molecule has 6 nitrogen and oxygen atoms in total. The minimum atomic E-state index is 0. The fourth-order valence-corrected chi connectivity index (χ4v) is 4.12. The average Bonchev–Trinajstić information content (AvgIpc) is 3.47. The number of rotatable bonds is 14. The number of nitrogens with one attached hydrogen (secondary N) is 2. The molecule has 1 fully saturated rings. The number of carbonyl (C=O) groups is 1. The van der Waals surface area contributed by atoms with Crippen molar-refractivity contribution in [2.24, 2.45) is 5.92 Å². The molecule has 0 unspecified atom stereocenters. The van der Waals surface area contributed by atoms with Crippen molar-refractivity contribution < 1.29 is 9.32 Å². The highest BCUT2D eigenvalue weighted by atomic mass is 35.5. The highest BCUT2D eigenvalue weighted by molar-refractivity contribution is 5.85. The Morgan fingerprint density at radius 3 is 2.50 bits per heavy atom. The minimum absolute atomic E-state index is 0. The van der Waals surface area contributed by atoms with Crippen molar-refractivity contribution in [3.05, 3.63) is 35.7 Å². The van der Waals surface area contributed by atoms with Crippen LogP contribution in [0.2, 0.25) is 0 Å². The zero-order chi connectivity index (χ0) is 21.7. The lowest BCUT2D eigenvalue weighted by atomic mass is 10.0. The van der Waals surface area contributed by atoms with Crippen LogP contribution in [0.4, 0.5) is 0 Å². The minimum Gasteiger partial charge on any atom is -0.347 e. The predicted octanol–water partition coefficient (Wildman–Crippen LogP) is 5.46. The Balaban J connectivity index is 0.00000363. The van der Waals surface area contributed by atoms with Crippen molar-refractivity contribution in [3.63, 3.8) is 0 Å². The third-order valence-electron chi connectivity index (χ3n) is 6.07. The van der Waals surface area contributed by atoms with Crippen LogP contribution in [0.25, 0.3) is 11.4 Å². The second-order valence-corrected chi connectivity index (χ2v) is 8.77. The number of aromatic nitrogens is 2. The first kappa shape index (κ1) is 26.3. The van der Waals surface area contributed by atoms with E-state index in [0.717, 1.165) is 31.5 Å². The van der Waals surface area contributed by atoms with Gasteiger partial charge in [0.2, 0.25) is 17.6 Å². The first-order valence-electron chi connectivity index (χ1n) is 12.1. The first-order chi connectivity index (χ1) is 15.2. The van der Waals surface area contributed by atoms with Crippen molar-refractivity contribution in [1.29, 1.82) is 0 Å². The molecule has 1 aliphatic rings. The highest BCUT2D eigenvalue weighted by Crippen LogP contribution is 2.18. The van der Waals surface area contributed by atoms with E-state index >= 15 is 0 Å². The van der Waals surface area contributed by atoms with Gasteiger partial charge in [-0.1, -0.05) is 81.3 Å². The summed E-state index contributed by atoms with van der Waals surface area (Å²) in [4.78, 5) is 16.5. The molecule has 1 saturated heterocycles. The predicted molar refractivity (Wildman–Crippen MR) is 131 cm³/mol. The number of hydrogen-bond donors (Lipinski definition) is 2. The molecule has 1 aromatic heterocycles. The zero-order valence-electron chi connectivity index (χ0n) is 19.4. The Kier molecular flexibility index (Phi) is 12.4. The van der Waals surface area contributed by atoms with Gasteiger partial charge in [0.25, 0.3) is 0 Å². The molecule has 1 aromatic carbocycles. The summed E-state index contributed by atoms with van der Waals surface area (Å²) in [6.45, 7) is 4.47. The quantitative estimate of drug-likeness (QED) is 0.364. The first-order valence-corrected chi connectivity index (χ1v) is 12.1. The fourth-order valence-electron chi connectivity index (χ4n) is 4.12. The molecular formula is C25H39ClN4O2. The van der Waals surface area contributed by atoms with Crippen molar-refractivity contribution in [2.45, 2.75) is 84.1 Å². The van der Waals surface area contributed by atoms with Gasteiger partial charge in [-0.25, -0.2) is 0 Å². The summed E-state index contributed by atoms with van der Waals surface area (Å²) in [6, 6.07) is 8.43. The van der Waals surface area contributed by atoms with Crippen LogP contribution in [0, 0.1) is 5.92 Å². The molecule has 32 heavy (non-hydrogen) atoms. The maximum absolute atomic E-state index is 12.0. The Morgan fingerprint density at radius 2 is 1.81 bits per heavy atom. The third-order valence-corrected chi connectivity index (χ3v) is 6.07. The fraction of sp³-hybridized carbons (Fsp3) is 0.640. The molecule has 1 amide bonds. The number of aryl methyl sites for hydroxylation is 1. The number of amides is 1. The molecule has 2 aromatic rings. The van der Waals surface area contributed by atoms with E-state index in [4.69, 9.17) is 4.52 Å². The van der Waals surface area contributed by atoms with Gasteiger partial charge in [-0.15, -0.1) is 12.4 Å². The molecule has 1 atom stereocenters. The Hall–Kier alpha value is -1.92. The summed E-state index contributed by atoms with van der Waals surface area (Å²) in [5.41, 5.74) is 2.30. The molecule has 178 valence electrons. The summed E-state index contributed by atoms with van der Waals surface area (Å²) in [5.74, 6) is 1.49. The van der Waals surface area contributed by atoms with Gasteiger partial charge in [-0.3, -0.25) is 4.79 Å². The molecule has 2 N–H and O–H groups in total. The van der Waals surface area contributed by atoms with E-state index in [1.54, 1.807) is 0 Å². The lowest BCUT2D eigenvalue weighted by Crippen LogP contribution is -2.26. The van der Waals surface area contributed by atoms with Crippen LogP contribution in [0.15, 0.2) is 28.8 Å². The van der Waals surface area contributed by atoms with E-state index in [-0.39, 0.29) is 24.9 Å². The monoisotopic (exact) mass is 462 g/mol. The maximum atomic E-state index is 12.0. The second-order valence-electron chi connectivity index (χ2n) is 8.77. The van der Waals surface area contributed by atoms with Gasteiger partial charge in [-0.05, 0) is 43.8 Å². The molecule has 0 saturated carbocycles. The summed E-state index contributed by atoms with van der Waals surface area (Å²) < 4.78 is 5.31. The van der Waals surface area contributed by atoms with Crippen LogP contribution in [0.5, 0.6) is 0 Å². The van der Waals surface area contributed by atoms with Gasteiger partial charge in [0, 0.05) is 12.0 Å². The van der Waals surface area contributed by atoms with Gasteiger partial charge in [0.1, 0.15) is 0 Å². The van der Waals surface area contributed by atoms with E-state index in [0.29, 0.717) is 24.1 Å². The van der Waals surface area contributed by atoms with Gasteiger partial charge >= 0.3 is 0 Å². The van der Waals surface area contributed by atoms with Crippen LogP contribution < -0.4 is 10.6 Å². The molecule has 1 aliphatic heterocycles. The number of benzene rings is 1. The summed E-state index contributed by atoms with van der Waals surface area (Å²) in [6.07, 6.45) is 13.5. The van der Waals surface area contributed by atoms with Crippen LogP contribution in [0.3, 0.4) is 0 Å². The highest BCUT2D eigenvalue weighted by Gasteiger charge is 2.18. The number of carbonyl (C=O) groups excluding carboxylic acids is 1. The van der Waals surface area contributed by atoms with Crippen LogP contribution in [-0.4, -0.2) is 29.1 Å². The standard InChI is InChI=1S/C25H38N4O2.ClH/c1-2-3-4-5-6-7-8-9-10-20-11-13-22(14-12-20)25-28-24(31-29-25)19-27-23(30)17-21-15-16-26-18-21;/h11-14,21,26H,2-10,15-19H2,1H3,(H,27,30);1H/t21-;/m0./s1. The average molecular weight is 463 g/mol. The van der Waals surface area contributed by atoms with Crippen molar-refractivity contribution in [2.75, 3.05) is 13.1 Å². The zero-order valence-corrected chi connectivity index (χ0v) is 20.2. The van der Waals surface area contributed by atoms with Crippen LogP contribution >= 0.6 is 12.4 Å². The number of halogens is 1. The van der Waals surface area contributed by atoms with E-state index < -0.39 is 0 Å². The topological polar surface area (TPSA) is 80.0 Å². The smallest absolute Gasteiger partial charge is 0.246 e. The van der Waals surface area contributed by atoms with E-state index in [9.17, 15) is 4.79 Å². The molecule has 0 aliphatic carbocycles. The normalized spacial score (nSPS) is 15.5. The summed E-state index contributed by atoms with van der Waals surface area (Å²) in [7, 11) is 0. The number of hydrogen-bond acceptors (Lipinski definition) is 5. The number of nitrogens with zero attached hydrogens (tertiary/aromatic N) is 2. The van der Waals surface area contributed by atoms with Gasteiger partial charge in [0.05, 0.1) is 6.54 Å². The van der Waals surface area contributed by atoms with E-state index in [1.807, 2.05) is 0 Å². The van der Waals surface area contributed by atoms with Crippen molar-refractivity contribution in [3.8, 4) is 11.4 Å². The van der Waals surface area contributed by atoms with E-state index in [2.05, 4.69) is 52.0 Å². The molecule has 3 rings (SSSR count). The van der Waals surface area contributed by atoms with Crippen LogP contribution in [-0.2, 0) is 17.8 Å². The van der Waals surface area contributed by atoms with Gasteiger partial charge in [0.15, 0.2) is 0 Å². The number of unbranched alkanes of at least 4 members (excludes halogenated alkanes) is 7. The summed E-state index contributed by atoms with van der Waals surface area (Å²) >= 11 is 0. The second kappa shape index (κ2) is 15.0. The van der Waals surface area contributed by atoms with Gasteiger partial charge < -0.3 is 15.2 Å². The largest absolute Gasteiger partial charge is 0.347 e. The Bertz CT molecular complexity index is 773. The molecule has 2 heterocycles. The molecule has 7 heteroatoms. The SMILES string of the molecule is CCCCCCCCCCc1ccc(-c2noc(CNC(=O)C[C@@H]3CCNC3)n2)cc1.Cl. The van der Waals surface area contributed by atoms with Gasteiger partial charge in [-0.2, -0.15) is 4.98 Å². The molecule has 0 radical (unpaired) electrons. The third kappa shape index (κ3) is 9.29. The summed E-state index contributed by atoms with van der Waals surface area (Å²) in [5, 5.41) is 10.2. The Morgan fingerprint density at radius 1 is 1.09 bits per heavy atom. The lowest BCUT2D eigenvalue weighted by molar-refractivity contribution is -0.122.